The van der Waals surface area contributed by atoms with Crippen LogP contribution in [0.3, 0.4) is 0 Å². The van der Waals surface area contributed by atoms with Crippen LogP contribution in [0.2, 0.25) is 18.2 Å². The molecule has 0 spiro atoms. The molecular weight excluding hydrogens is 303 g/mol. The van der Waals surface area contributed by atoms with Crippen LogP contribution in [0, 0.1) is 17.8 Å². The molecule has 2 heteroatoms. The van der Waals surface area contributed by atoms with Gasteiger partial charge in [0.25, 0.3) is 0 Å². The molecule has 0 heterocycles. The summed E-state index contributed by atoms with van der Waals surface area (Å²) in [5, 5.41) is 0. The average Bonchev–Trinajstić information content (AvgIpc) is 2.14. The third-order valence-corrected chi connectivity index (χ3v) is 16.9. The minimum atomic E-state index is -1.77. The van der Waals surface area contributed by atoms with Crippen LogP contribution in [0.25, 0.3) is 0 Å². The van der Waals surface area contributed by atoms with Crippen molar-refractivity contribution in [1.82, 2.24) is 0 Å². The Morgan fingerprint density at radius 3 is 2.00 bits per heavy atom. The molecule has 0 aromatic rings. The van der Waals surface area contributed by atoms with E-state index in [0.29, 0.717) is 6.10 Å². The maximum atomic E-state index is 5.81. The fourth-order valence-corrected chi connectivity index (χ4v) is 12.8. The van der Waals surface area contributed by atoms with Crippen LogP contribution in [0.15, 0.2) is 0 Å². The van der Waals surface area contributed by atoms with Crippen LogP contribution in [0.4, 0.5) is 0 Å². The first kappa shape index (κ1) is 11.8. The van der Waals surface area contributed by atoms with Crippen molar-refractivity contribution in [1.29, 1.82) is 0 Å². The van der Waals surface area contributed by atoms with Crippen molar-refractivity contribution in [3.63, 3.8) is 0 Å². The molecule has 1 nitrogen and oxygen atoms in total. The predicted molar refractivity (Wildman–Crippen MR) is 70.4 cm³/mol. The van der Waals surface area contributed by atoms with E-state index in [1.807, 2.05) is 7.11 Å². The predicted octanol–water partition coefficient (Wildman–Crippen LogP) is 3.92. The van der Waals surface area contributed by atoms with Gasteiger partial charge in [0, 0.05) is 0 Å². The van der Waals surface area contributed by atoms with Gasteiger partial charge in [-0.2, -0.15) is 0 Å². The molecule has 0 N–H and O–H groups in total. The van der Waals surface area contributed by atoms with Gasteiger partial charge in [0.2, 0.25) is 0 Å². The molecule has 4 rings (SSSR count). The Bertz CT molecular complexity index is 278. The molecule has 92 valence electrons. The van der Waals surface area contributed by atoms with Gasteiger partial charge in [-0.05, 0) is 0 Å². The van der Waals surface area contributed by atoms with E-state index in [0.717, 1.165) is 21.2 Å². The molecule has 0 aliphatic heterocycles. The zero-order valence-corrected chi connectivity index (χ0v) is 14.1. The number of rotatable bonds is 2. The van der Waals surface area contributed by atoms with Crippen molar-refractivity contribution in [2.75, 3.05) is 7.11 Å². The van der Waals surface area contributed by atoms with E-state index in [9.17, 15) is 0 Å². The molecule has 0 aromatic carbocycles. The van der Waals surface area contributed by atoms with Crippen molar-refractivity contribution >= 4 is 18.4 Å². The normalized spacial score (nSPS) is 51.0. The molecular formula is C14H26OSn. The Morgan fingerprint density at radius 2 is 1.56 bits per heavy atom. The topological polar surface area (TPSA) is 9.23 Å². The molecule has 4 bridgehead atoms. The summed E-state index contributed by atoms with van der Waals surface area (Å²) in [6, 6.07) is 0. The van der Waals surface area contributed by atoms with Gasteiger partial charge in [0.05, 0.1) is 0 Å². The SMILES string of the molecule is COC1[C@@H]2CC3C[C@H]1C[C]([Sn]([CH3])([CH3])[CH3])(C3)C2. The summed E-state index contributed by atoms with van der Waals surface area (Å²) in [5.41, 5.74) is 0. The molecule has 0 amide bonds. The van der Waals surface area contributed by atoms with Crippen molar-refractivity contribution < 1.29 is 4.74 Å². The Morgan fingerprint density at radius 1 is 1.00 bits per heavy atom. The number of hydrogen-bond donors (Lipinski definition) is 0. The first-order valence-corrected chi connectivity index (χ1v) is 17.0. The maximum absolute atomic E-state index is 5.81. The molecule has 0 saturated heterocycles. The van der Waals surface area contributed by atoms with Crippen LogP contribution in [-0.2, 0) is 4.74 Å². The summed E-state index contributed by atoms with van der Waals surface area (Å²) in [6.45, 7) is 0. The van der Waals surface area contributed by atoms with E-state index in [1.165, 1.54) is 25.7 Å². The van der Waals surface area contributed by atoms with E-state index < -0.39 is 18.4 Å². The van der Waals surface area contributed by atoms with E-state index in [1.54, 1.807) is 6.42 Å². The van der Waals surface area contributed by atoms with E-state index in [-0.39, 0.29) is 0 Å². The third-order valence-electron chi connectivity index (χ3n) is 6.05. The molecule has 0 radical (unpaired) electrons. The van der Waals surface area contributed by atoms with Gasteiger partial charge in [0.1, 0.15) is 0 Å². The van der Waals surface area contributed by atoms with Crippen molar-refractivity contribution in [2.45, 2.75) is 56.5 Å². The molecule has 4 saturated carbocycles. The number of hydrogen-bond acceptors (Lipinski definition) is 1. The van der Waals surface area contributed by atoms with Gasteiger partial charge in [-0.25, -0.2) is 0 Å². The van der Waals surface area contributed by atoms with Gasteiger partial charge in [0.15, 0.2) is 0 Å². The number of methoxy groups -OCH3 is 1. The third kappa shape index (κ3) is 1.53. The zero-order chi connectivity index (χ0) is 11.6. The van der Waals surface area contributed by atoms with Crippen LogP contribution in [0.1, 0.15) is 32.1 Å². The van der Waals surface area contributed by atoms with Crippen LogP contribution >= 0.6 is 0 Å². The zero-order valence-electron chi connectivity index (χ0n) is 11.3. The standard InChI is InChI=1S/C11H17O.3CH3.Sn/c1-12-11-9-3-7-2-8(5-9)6-10(11)4-7;;;;/h7,9-11H,2-6H2,1H3;3*1H3;/t7?,9-,10+,11?;;;;. The monoisotopic (exact) mass is 330 g/mol. The van der Waals surface area contributed by atoms with Gasteiger partial charge in [-0.15, -0.1) is 0 Å². The Hall–Kier alpha value is 0.759. The molecule has 4 aliphatic carbocycles. The van der Waals surface area contributed by atoms with Gasteiger partial charge >= 0.3 is 104 Å². The number of ether oxygens (including phenoxy) is 1. The van der Waals surface area contributed by atoms with Gasteiger partial charge in [-0.3, -0.25) is 0 Å². The Kier molecular flexibility index (Phi) is 2.68. The average molecular weight is 329 g/mol. The first-order chi connectivity index (χ1) is 7.45. The van der Waals surface area contributed by atoms with Crippen LogP contribution < -0.4 is 0 Å². The Balaban J connectivity index is 1.92. The molecule has 0 aromatic heterocycles. The molecule has 4 fully saturated rings. The second-order valence-electron chi connectivity index (χ2n) is 7.70. The minimum absolute atomic E-state index is 0.623. The van der Waals surface area contributed by atoms with E-state index >= 15 is 0 Å². The summed E-state index contributed by atoms with van der Waals surface area (Å²) in [4.78, 5) is 8.01. The fraction of sp³-hybridized carbons (Fsp3) is 1.00. The summed E-state index contributed by atoms with van der Waals surface area (Å²) in [5.74, 6) is 2.92. The van der Waals surface area contributed by atoms with Crippen LogP contribution in [0.5, 0.6) is 0 Å². The van der Waals surface area contributed by atoms with E-state index in [2.05, 4.69) is 14.8 Å². The molecule has 16 heavy (non-hydrogen) atoms. The molecule has 4 aliphatic rings. The first-order valence-electron chi connectivity index (χ1n) is 6.98. The summed E-state index contributed by atoms with van der Waals surface area (Å²) >= 11 is -1.77. The Labute approximate surface area is 104 Å². The second-order valence-corrected chi connectivity index (χ2v) is 23.6. The van der Waals surface area contributed by atoms with Crippen molar-refractivity contribution in [2.24, 2.45) is 17.8 Å². The van der Waals surface area contributed by atoms with Crippen LogP contribution in [-0.4, -0.2) is 31.6 Å². The quantitative estimate of drug-likeness (QED) is 0.698. The van der Waals surface area contributed by atoms with Gasteiger partial charge in [-0.1, -0.05) is 0 Å². The summed E-state index contributed by atoms with van der Waals surface area (Å²) in [6.07, 6.45) is 8.24. The molecule has 5 atom stereocenters. The second kappa shape index (κ2) is 3.63. The molecule has 3 unspecified atom stereocenters. The van der Waals surface area contributed by atoms with E-state index in [4.69, 9.17) is 4.74 Å². The van der Waals surface area contributed by atoms with Crippen molar-refractivity contribution in [3.05, 3.63) is 0 Å². The summed E-state index contributed by atoms with van der Waals surface area (Å²) < 4.78 is 6.66. The summed E-state index contributed by atoms with van der Waals surface area (Å²) in [7, 11) is 1.94. The van der Waals surface area contributed by atoms with Gasteiger partial charge < -0.3 is 0 Å². The fourth-order valence-electron chi connectivity index (χ4n) is 5.28. The van der Waals surface area contributed by atoms with Crippen molar-refractivity contribution in [3.8, 4) is 0 Å².